The van der Waals surface area contributed by atoms with Gasteiger partial charge in [-0.3, -0.25) is 9.59 Å². The first-order valence-corrected chi connectivity index (χ1v) is 6.84. The number of nitrogens with two attached hydrogens (primary N) is 1. The Morgan fingerprint density at radius 1 is 1.14 bits per heavy atom. The van der Waals surface area contributed by atoms with Gasteiger partial charge in [-0.2, -0.15) is 0 Å². The highest BCUT2D eigenvalue weighted by molar-refractivity contribution is 6.36. The molecule has 0 spiro atoms. The van der Waals surface area contributed by atoms with Crippen LogP contribution in [0.15, 0.2) is 36.4 Å². The van der Waals surface area contributed by atoms with Crippen LogP contribution < -0.4 is 10.5 Å². The summed E-state index contributed by atoms with van der Waals surface area (Å²) >= 11 is 11.7. The number of hydrogen-bond donors (Lipinski definition) is 1. The van der Waals surface area contributed by atoms with E-state index in [0.29, 0.717) is 0 Å². The van der Waals surface area contributed by atoms with E-state index in [4.69, 9.17) is 33.7 Å². The first kappa shape index (κ1) is 16.3. The van der Waals surface area contributed by atoms with Crippen molar-refractivity contribution in [1.82, 2.24) is 0 Å². The van der Waals surface area contributed by atoms with E-state index in [1.165, 1.54) is 24.3 Å². The van der Waals surface area contributed by atoms with Gasteiger partial charge >= 0.3 is 0 Å². The van der Waals surface area contributed by atoms with E-state index in [1.54, 1.807) is 0 Å². The van der Waals surface area contributed by atoms with E-state index >= 15 is 0 Å². The number of halogens is 3. The van der Waals surface area contributed by atoms with Crippen molar-refractivity contribution in [2.75, 3.05) is 6.61 Å². The maximum atomic E-state index is 12.8. The monoisotopic (exact) mass is 341 g/mol. The van der Waals surface area contributed by atoms with Crippen LogP contribution in [-0.2, 0) is 0 Å². The number of carbonyl (C=O) groups excluding carboxylic acids is 2. The van der Waals surface area contributed by atoms with Crippen molar-refractivity contribution in [2.45, 2.75) is 0 Å². The molecule has 2 aromatic carbocycles. The lowest BCUT2D eigenvalue weighted by atomic mass is 10.1. The maximum Gasteiger partial charge on any atom is 0.252 e. The van der Waals surface area contributed by atoms with Gasteiger partial charge in [0, 0.05) is 10.6 Å². The zero-order valence-electron chi connectivity index (χ0n) is 11.1. The van der Waals surface area contributed by atoms with E-state index < -0.39 is 17.5 Å². The fourth-order valence-electron chi connectivity index (χ4n) is 1.75. The summed E-state index contributed by atoms with van der Waals surface area (Å²) in [5.74, 6) is -1.65. The first-order chi connectivity index (χ1) is 10.4. The van der Waals surface area contributed by atoms with Crippen molar-refractivity contribution in [3.05, 3.63) is 63.4 Å². The smallest absolute Gasteiger partial charge is 0.252 e. The van der Waals surface area contributed by atoms with E-state index in [1.807, 2.05) is 0 Å². The van der Waals surface area contributed by atoms with Gasteiger partial charge in [0.05, 0.1) is 10.6 Å². The molecule has 0 bridgehead atoms. The molecule has 0 aliphatic carbocycles. The number of amides is 1. The zero-order chi connectivity index (χ0) is 16.3. The van der Waals surface area contributed by atoms with Gasteiger partial charge in [0.1, 0.15) is 5.82 Å². The van der Waals surface area contributed by atoms with E-state index in [9.17, 15) is 14.0 Å². The van der Waals surface area contributed by atoms with E-state index in [0.717, 1.165) is 12.1 Å². The molecule has 4 nitrogen and oxygen atoms in total. The molecule has 0 fully saturated rings. The molecule has 2 rings (SSSR count). The van der Waals surface area contributed by atoms with Gasteiger partial charge in [0.15, 0.2) is 18.1 Å². The minimum atomic E-state index is -0.784. The Hall–Kier alpha value is -2.11. The summed E-state index contributed by atoms with van der Waals surface area (Å²) in [7, 11) is 0. The first-order valence-electron chi connectivity index (χ1n) is 6.09. The molecule has 2 aromatic rings. The number of carbonyl (C=O) groups is 2. The fourth-order valence-corrected chi connectivity index (χ4v) is 2.29. The second kappa shape index (κ2) is 6.77. The SMILES string of the molecule is NC(=O)c1cc(Cl)cc(Cl)c1OCC(=O)c1ccc(F)cc1. The summed E-state index contributed by atoms with van der Waals surface area (Å²) in [4.78, 5) is 23.3. The van der Waals surface area contributed by atoms with Crippen molar-refractivity contribution in [2.24, 2.45) is 5.73 Å². The molecule has 0 aromatic heterocycles. The molecule has 0 aliphatic rings. The number of hydrogen-bond acceptors (Lipinski definition) is 3. The number of benzene rings is 2. The summed E-state index contributed by atoms with van der Waals surface area (Å²) in [6, 6.07) is 7.66. The van der Waals surface area contributed by atoms with Gasteiger partial charge in [-0.15, -0.1) is 0 Å². The molecule has 22 heavy (non-hydrogen) atoms. The summed E-state index contributed by atoms with van der Waals surface area (Å²) in [6.07, 6.45) is 0. The summed E-state index contributed by atoms with van der Waals surface area (Å²) in [6.45, 7) is -0.382. The van der Waals surface area contributed by atoms with Crippen LogP contribution in [0.25, 0.3) is 0 Å². The maximum absolute atomic E-state index is 12.8. The predicted octanol–water partition coefficient (Wildman–Crippen LogP) is 3.49. The van der Waals surface area contributed by atoms with Crippen LogP contribution in [0.2, 0.25) is 10.0 Å². The normalized spacial score (nSPS) is 10.3. The van der Waals surface area contributed by atoms with Gasteiger partial charge in [-0.25, -0.2) is 4.39 Å². The van der Waals surface area contributed by atoms with Crippen molar-refractivity contribution < 1.29 is 18.7 Å². The largest absolute Gasteiger partial charge is 0.483 e. The van der Waals surface area contributed by atoms with Crippen LogP contribution in [0, 0.1) is 5.82 Å². The predicted molar refractivity (Wildman–Crippen MR) is 81.2 cm³/mol. The summed E-state index contributed by atoms with van der Waals surface area (Å²) < 4.78 is 18.1. The van der Waals surface area contributed by atoms with Crippen LogP contribution in [0.4, 0.5) is 4.39 Å². The zero-order valence-corrected chi connectivity index (χ0v) is 12.6. The van der Waals surface area contributed by atoms with Crippen LogP contribution in [-0.4, -0.2) is 18.3 Å². The molecule has 7 heteroatoms. The molecule has 0 aliphatic heterocycles. The Morgan fingerprint density at radius 3 is 2.36 bits per heavy atom. The van der Waals surface area contributed by atoms with Crippen molar-refractivity contribution >= 4 is 34.9 Å². The third kappa shape index (κ3) is 3.75. The van der Waals surface area contributed by atoms with Crippen LogP contribution in [0.1, 0.15) is 20.7 Å². The van der Waals surface area contributed by atoms with E-state index in [2.05, 4.69) is 0 Å². The lowest BCUT2D eigenvalue weighted by Gasteiger charge is -2.11. The average molecular weight is 342 g/mol. The highest BCUT2D eigenvalue weighted by Gasteiger charge is 2.17. The van der Waals surface area contributed by atoms with Gasteiger partial charge < -0.3 is 10.5 Å². The van der Waals surface area contributed by atoms with Gasteiger partial charge in [0.2, 0.25) is 0 Å². The van der Waals surface area contributed by atoms with Crippen molar-refractivity contribution in [3.8, 4) is 5.75 Å². The van der Waals surface area contributed by atoms with Gasteiger partial charge in [-0.1, -0.05) is 23.2 Å². The molecule has 0 atom stereocenters. The molecule has 0 unspecified atom stereocenters. The molecule has 2 N–H and O–H groups in total. The number of ether oxygens (including phenoxy) is 1. The molecule has 1 amide bonds. The molecule has 0 saturated carbocycles. The summed E-state index contributed by atoms with van der Waals surface area (Å²) in [5, 5.41) is 0.282. The minimum Gasteiger partial charge on any atom is -0.483 e. The lowest BCUT2D eigenvalue weighted by Crippen LogP contribution is -2.17. The second-order valence-electron chi connectivity index (χ2n) is 4.35. The number of rotatable bonds is 5. The Morgan fingerprint density at radius 2 is 1.77 bits per heavy atom. The minimum absolute atomic E-state index is 0.0194. The van der Waals surface area contributed by atoms with Gasteiger partial charge in [-0.05, 0) is 36.4 Å². The topological polar surface area (TPSA) is 69.4 Å². The van der Waals surface area contributed by atoms with Crippen molar-refractivity contribution in [1.29, 1.82) is 0 Å². The quantitative estimate of drug-likeness (QED) is 0.846. The average Bonchev–Trinajstić information content (AvgIpc) is 2.45. The number of ketones is 1. The molecule has 0 radical (unpaired) electrons. The Kier molecular flexibility index (Phi) is 5.00. The highest BCUT2D eigenvalue weighted by atomic mass is 35.5. The highest BCUT2D eigenvalue weighted by Crippen LogP contribution is 2.32. The Bertz CT molecular complexity index is 732. The molecule has 114 valence electrons. The standard InChI is InChI=1S/C15H10Cl2FNO3/c16-9-5-11(15(19)21)14(12(17)6-9)22-7-13(20)8-1-3-10(18)4-2-8/h1-6H,7H2,(H2,19,21). The van der Waals surface area contributed by atoms with Crippen LogP contribution >= 0.6 is 23.2 Å². The summed E-state index contributed by atoms with van der Waals surface area (Å²) in [5.41, 5.74) is 5.47. The molecule has 0 saturated heterocycles. The second-order valence-corrected chi connectivity index (χ2v) is 5.19. The third-order valence-corrected chi connectivity index (χ3v) is 3.29. The number of primary amides is 1. The Balaban J connectivity index is 2.19. The lowest BCUT2D eigenvalue weighted by molar-refractivity contribution is 0.0912. The van der Waals surface area contributed by atoms with E-state index in [-0.39, 0.29) is 33.5 Å². The van der Waals surface area contributed by atoms with Crippen LogP contribution in [0.5, 0.6) is 5.75 Å². The molecular formula is C15H10Cl2FNO3. The van der Waals surface area contributed by atoms with Crippen molar-refractivity contribution in [3.63, 3.8) is 0 Å². The molecular weight excluding hydrogens is 332 g/mol. The molecule has 0 heterocycles. The Labute approximate surface area is 135 Å². The number of Topliss-reactive ketones (excluding diaryl/α,β-unsaturated/α-hetero) is 1. The fraction of sp³-hybridized carbons (Fsp3) is 0.0667. The van der Waals surface area contributed by atoms with Crippen LogP contribution in [0.3, 0.4) is 0 Å². The third-order valence-electron chi connectivity index (χ3n) is 2.79. The van der Waals surface area contributed by atoms with Gasteiger partial charge in [0.25, 0.3) is 5.91 Å².